The first kappa shape index (κ1) is 44.2. The third-order valence-electron chi connectivity index (χ3n) is 10.5. The molecule has 3 fully saturated rings. The zero-order valence-corrected chi connectivity index (χ0v) is 34.8. The SMILES string of the molecule is C[C@@H]1C[C@H]2C(=O)O[C@@H](C)[C@H](NC(=O)[C@H](Cc3cc(F)cc(F)c3)NC(=O)Nc3ccc(I)cc3)C(=O)N3CCC[C@H]3C(=O)N(C)[C@@H]([C@@H](C)O)C(=O)N[C@@H](C)C(=O)N2C1. The van der Waals surface area contributed by atoms with E-state index in [1.807, 2.05) is 6.92 Å². The van der Waals surface area contributed by atoms with Crippen LogP contribution in [0.25, 0.3) is 0 Å². The summed E-state index contributed by atoms with van der Waals surface area (Å²) < 4.78 is 35.3. The summed E-state index contributed by atoms with van der Waals surface area (Å²) >= 11 is 2.08. The van der Waals surface area contributed by atoms with Crippen LogP contribution in [0.5, 0.6) is 0 Å². The summed E-state index contributed by atoms with van der Waals surface area (Å²) in [5.41, 5.74) is 0.366. The predicted octanol–water partition coefficient (Wildman–Crippen LogP) is 1.67. The molecule has 0 bridgehead atoms. The Kier molecular flexibility index (Phi) is 14.3. The van der Waals surface area contributed by atoms with Crippen molar-refractivity contribution in [2.24, 2.45) is 5.92 Å². The number of urea groups is 1. The Morgan fingerprint density at radius 1 is 0.966 bits per heavy atom. The molecule has 0 saturated carbocycles. The number of fused-ring (bicyclic) bond motifs is 2. The van der Waals surface area contributed by atoms with E-state index in [0.29, 0.717) is 18.2 Å². The Balaban J connectivity index is 1.51. The fraction of sp³-hybridized carbons (Fsp3) is 0.513. The van der Waals surface area contributed by atoms with Crippen molar-refractivity contribution in [2.75, 3.05) is 25.5 Å². The van der Waals surface area contributed by atoms with E-state index in [0.717, 1.165) is 20.6 Å². The zero-order chi connectivity index (χ0) is 42.6. The number of aliphatic hydroxyl groups is 1. The summed E-state index contributed by atoms with van der Waals surface area (Å²) in [5.74, 6) is -6.91. The van der Waals surface area contributed by atoms with Crippen LogP contribution in [0.4, 0.5) is 19.3 Å². The number of hydrogen-bond donors (Lipinski definition) is 5. The van der Waals surface area contributed by atoms with E-state index in [1.54, 1.807) is 24.3 Å². The molecule has 3 saturated heterocycles. The topological polar surface area (TPSA) is 207 Å². The second-order valence-corrected chi connectivity index (χ2v) is 16.4. The number of cyclic esters (lactones) is 1. The Morgan fingerprint density at radius 2 is 1.62 bits per heavy atom. The van der Waals surface area contributed by atoms with Crippen molar-refractivity contribution in [3.8, 4) is 0 Å². The Bertz CT molecular complexity index is 1900. The van der Waals surface area contributed by atoms with E-state index >= 15 is 0 Å². The Hall–Kier alpha value is -4.92. The van der Waals surface area contributed by atoms with Crippen molar-refractivity contribution in [1.29, 1.82) is 0 Å². The van der Waals surface area contributed by atoms with Gasteiger partial charge in [-0.2, -0.15) is 0 Å². The maximum Gasteiger partial charge on any atom is 0.329 e. The maximum absolute atomic E-state index is 14.6. The number of amides is 7. The summed E-state index contributed by atoms with van der Waals surface area (Å²) in [7, 11) is 1.30. The van der Waals surface area contributed by atoms with Gasteiger partial charge in [-0.1, -0.05) is 6.92 Å². The quantitative estimate of drug-likeness (QED) is 0.202. The van der Waals surface area contributed by atoms with Crippen molar-refractivity contribution in [1.82, 2.24) is 30.7 Å². The number of nitrogens with one attached hydrogen (secondary N) is 4. The van der Waals surface area contributed by atoms with Crippen LogP contribution in [-0.2, 0) is 39.9 Å². The molecule has 3 aliphatic heterocycles. The lowest BCUT2D eigenvalue weighted by Crippen LogP contribution is -2.63. The summed E-state index contributed by atoms with van der Waals surface area (Å²) in [5, 5.41) is 20.9. The Labute approximate surface area is 347 Å². The lowest BCUT2D eigenvalue weighted by molar-refractivity contribution is -0.163. The van der Waals surface area contributed by atoms with Crippen LogP contribution in [0.3, 0.4) is 0 Å². The molecule has 58 heavy (non-hydrogen) atoms. The van der Waals surface area contributed by atoms with Crippen molar-refractivity contribution in [3.63, 3.8) is 0 Å². The standard InChI is InChI=1S/C39H48F2IN7O9/c1-19-13-30-38(56)58-22(4)31(46-33(51)28(16-23-14-24(40)17-25(41)15-23)45-39(57)44-27-10-8-26(42)9-11-27)37(55)48-12-6-7-29(48)36(54)47(5)32(21(3)50)34(52)43-20(2)35(53)49(30)18-19/h8-11,14-15,17,19-22,28-32,50H,6-7,12-13,16,18H2,1-5H3,(H,43,52)(H,46,51)(H2,44,45,57)/t19-,20+,21-,22+,28+,29+,30+,31+,32+/m1/s1. The van der Waals surface area contributed by atoms with Gasteiger partial charge in [0.25, 0.3) is 0 Å². The minimum atomic E-state index is -1.69. The number of likely N-dealkylation sites (N-methyl/N-ethyl adjacent to an activating group) is 1. The van der Waals surface area contributed by atoms with Crippen molar-refractivity contribution in [2.45, 2.75) is 102 Å². The van der Waals surface area contributed by atoms with Gasteiger partial charge in [-0.05, 0) is 111 Å². The average Bonchev–Trinajstić information content (AvgIpc) is 3.80. The smallest absolute Gasteiger partial charge is 0.329 e. The molecule has 0 spiro atoms. The number of esters is 1. The first-order valence-corrected chi connectivity index (χ1v) is 20.1. The molecule has 16 nitrogen and oxygen atoms in total. The molecule has 3 heterocycles. The van der Waals surface area contributed by atoms with Gasteiger partial charge in [-0.15, -0.1) is 0 Å². The van der Waals surface area contributed by atoms with Crippen LogP contribution in [-0.4, -0.2) is 130 Å². The van der Waals surface area contributed by atoms with E-state index in [2.05, 4.69) is 43.9 Å². The molecule has 19 heteroatoms. The van der Waals surface area contributed by atoms with E-state index in [9.17, 15) is 47.4 Å². The number of benzene rings is 2. The van der Waals surface area contributed by atoms with Crippen LogP contribution < -0.4 is 21.3 Å². The number of hydrogen-bond acceptors (Lipinski definition) is 9. The number of nitrogens with zero attached hydrogens (tertiary/aromatic N) is 3. The summed E-state index contributed by atoms with van der Waals surface area (Å²) in [6, 6.07) is 0.282. The van der Waals surface area contributed by atoms with Gasteiger partial charge >= 0.3 is 12.0 Å². The number of carbonyl (C=O) groups excluding carboxylic acids is 7. The molecule has 0 aromatic heterocycles. The van der Waals surface area contributed by atoms with Crippen LogP contribution in [0.1, 0.15) is 52.5 Å². The lowest BCUT2D eigenvalue weighted by Gasteiger charge is -2.37. The highest BCUT2D eigenvalue weighted by atomic mass is 127. The zero-order valence-electron chi connectivity index (χ0n) is 32.7. The van der Waals surface area contributed by atoms with Crippen molar-refractivity contribution in [3.05, 3.63) is 63.2 Å². The molecule has 2 aromatic rings. The largest absolute Gasteiger partial charge is 0.458 e. The maximum atomic E-state index is 14.6. The minimum Gasteiger partial charge on any atom is -0.458 e. The van der Waals surface area contributed by atoms with Gasteiger partial charge in [0.1, 0.15) is 54.0 Å². The summed E-state index contributed by atoms with van der Waals surface area (Å²) in [6.45, 7) is 6.07. The van der Waals surface area contributed by atoms with Crippen molar-refractivity contribution < 1.29 is 52.2 Å². The molecule has 9 atom stereocenters. The monoisotopic (exact) mass is 923 g/mol. The number of aliphatic hydroxyl groups excluding tert-OH is 1. The molecular formula is C39H48F2IN7O9. The van der Waals surface area contributed by atoms with Gasteiger partial charge in [0, 0.05) is 41.9 Å². The van der Waals surface area contributed by atoms with Gasteiger partial charge in [0.2, 0.25) is 29.5 Å². The molecule has 7 amide bonds. The number of rotatable bonds is 7. The highest BCUT2D eigenvalue weighted by Gasteiger charge is 2.47. The van der Waals surface area contributed by atoms with Gasteiger partial charge in [0.05, 0.1) is 6.10 Å². The fourth-order valence-corrected chi connectivity index (χ4v) is 8.03. The second kappa shape index (κ2) is 18.8. The number of halogens is 3. The number of anilines is 1. The molecule has 0 unspecified atom stereocenters. The summed E-state index contributed by atoms with van der Waals surface area (Å²) in [6.07, 6.45) is -2.59. The summed E-state index contributed by atoms with van der Waals surface area (Å²) in [4.78, 5) is 101. The van der Waals surface area contributed by atoms with Crippen LogP contribution in [0.15, 0.2) is 42.5 Å². The van der Waals surface area contributed by atoms with Crippen molar-refractivity contribution >= 4 is 69.8 Å². The molecule has 3 aliphatic rings. The predicted molar refractivity (Wildman–Crippen MR) is 213 cm³/mol. The first-order valence-electron chi connectivity index (χ1n) is 19.0. The molecule has 0 aliphatic carbocycles. The third kappa shape index (κ3) is 10.4. The van der Waals surface area contributed by atoms with E-state index in [4.69, 9.17) is 4.74 Å². The van der Waals surface area contributed by atoms with Gasteiger partial charge < -0.3 is 45.8 Å². The van der Waals surface area contributed by atoms with Gasteiger partial charge in [0.15, 0.2) is 0 Å². The van der Waals surface area contributed by atoms with Gasteiger partial charge in [-0.3, -0.25) is 24.0 Å². The molecule has 0 radical (unpaired) electrons. The Morgan fingerprint density at radius 3 is 2.26 bits per heavy atom. The molecule has 5 N–H and O–H groups in total. The minimum absolute atomic E-state index is 0.00436. The highest BCUT2D eigenvalue weighted by Crippen LogP contribution is 2.27. The average molecular weight is 924 g/mol. The highest BCUT2D eigenvalue weighted by molar-refractivity contribution is 14.1. The van der Waals surface area contributed by atoms with Crippen LogP contribution in [0.2, 0.25) is 0 Å². The molecule has 5 rings (SSSR count). The molecule has 314 valence electrons. The normalized spacial score (nSPS) is 26.9. The number of carbonyl (C=O) groups is 7. The number of ether oxygens (including phenoxy) is 1. The van der Waals surface area contributed by atoms with Gasteiger partial charge in [-0.25, -0.2) is 18.4 Å². The first-order chi connectivity index (χ1) is 27.3. The molecule has 2 aromatic carbocycles. The third-order valence-corrected chi connectivity index (χ3v) is 11.2. The van der Waals surface area contributed by atoms with E-state index in [-0.39, 0.29) is 37.4 Å². The van der Waals surface area contributed by atoms with E-state index < -0.39 is 108 Å². The fourth-order valence-electron chi connectivity index (χ4n) is 7.67. The van der Waals surface area contributed by atoms with E-state index in [1.165, 1.54) is 37.6 Å². The lowest BCUT2D eigenvalue weighted by atomic mass is 10.0. The van der Waals surface area contributed by atoms with Crippen LogP contribution >= 0.6 is 22.6 Å². The van der Waals surface area contributed by atoms with Crippen LogP contribution in [0, 0.1) is 21.1 Å². The second-order valence-electron chi connectivity index (χ2n) is 15.2. The molecular weight excluding hydrogens is 875 g/mol.